The fourth-order valence-electron chi connectivity index (χ4n) is 4.21. The number of pyridine rings is 3. The highest BCUT2D eigenvalue weighted by atomic mass is 15.1. The maximum absolute atomic E-state index is 4.67. The molecule has 0 saturated heterocycles. The second-order valence-corrected chi connectivity index (χ2v) is 10.3. The molecule has 0 aliphatic heterocycles. The van der Waals surface area contributed by atoms with Gasteiger partial charge in [0.15, 0.2) is 0 Å². The van der Waals surface area contributed by atoms with Crippen LogP contribution in [0.3, 0.4) is 0 Å². The minimum absolute atomic E-state index is 0.0663. The van der Waals surface area contributed by atoms with E-state index in [0.717, 1.165) is 67.5 Å². The van der Waals surface area contributed by atoms with Gasteiger partial charge in [0.25, 0.3) is 0 Å². The van der Waals surface area contributed by atoms with Crippen LogP contribution in [0, 0.1) is 12.3 Å². The molecule has 5 rings (SSSR count). The smallest absolute Gasteiger partial charge is 0.116 e. The van der Waals surface area contributed by atoms with Crippen molar-refractivity contribution in [2.24, 2.45) is 5.41 Å². The van der Waals surface area contributed by atoms with Crippen LogP contribution in [0.15, 0.2) is 92.2 Å². The topological polar surface area (TPSA) is 95.2 Å². The van der Waals surface area contributed by atoms with E-state index >= 15 is 0 Å². The highest BCUT2D eigenvalue weighted by Crippen LogP contribution is 2.34. The van der Waals surface area contributed by atoms with E-state index in [9.17, 15) is 0 Å². The van der Waals surface area contributed by atoms with Crippen LogP contribution in [0.2, 0.25) is 0 Å². The summed E-state index contributed by atoms with van der Waals surface area (Å²) in [7, 11) is 0. The fraction of sp³-hybridized carbons (Fsp3) is 0.161. The van der Waals surface area contributed by atoms with Crippen LogP contribution in [-0.2, 0) is 0 Å². The van der Waals surface area contributed by atoms with E-state index in [0.29, 0.717) is 0 Å². The maximum Gasteiger partial charge on any atom is 0.116 e. The summed E-state index contributed by atoms with van der Waals surface area (Å²) in [5.74, 6) is 0. The molecule has 38 heavy (non-hydrogen) atoms. The Morgan fingerprint density at radius 2 is 1.89 bits per heavy atom. The largest absolute Gasteiger partial charge is 0.358 e. The lowest BCUT2D eigenvalue weighted by molar-refractivity contribution is 0.509. The van der Waals surface area contributed by atoms with Gasteiger partial charge in [-0.2, -0.15) is 5.10 Å². The molecule has 7 heteroatoms. The first-order chi connectivity index (χ1) is 18.2. The molecule has 190 valence electrons. The number of nitrogens with zero attached hydrogens (tertiary/aromatic N) is 4. The van der Waals surface area contributed by atoms with Gasteiger partial charge in [0.05, 0.1) is 40.7 Å². The van der Waals surface area contributed by atoms with Gasteiger partial charge in [-0.25, -0.2) is 0 Å². The third-order valence-electron chi connectivity index (χ3n) is 6.47. The summed E-state index contributed by atoms with van der Waals surface area (Å²) < 4.78 is 0. The molecular formula is C31H31N7. The van der Waals surface area contributed by atoms with Crippen LogP contribution in [0.4, 0.5) is 5.69 Å². The van der Waals surface area contributed by atoms with Gasteiger partial charge in [-0.15, -0.1) is 0 Å². The van der Waals surface area contributed by atoms with E-state index in [-0.39, 0.29) is 5.41 Å². The first-order valence-electron chi connectivity index (χ1n) is 12.4. The third kappa shape index (κ3) is 4.91. The van der Waals surface area contributed by atoms with Crippen LogP contribution in [0.5, 0.6) is 0 Å². The lowest BCUT2D eigenvalue weighted by Gasteiger charge is -2.23. The number of anilines is 1. The molecule has 7 nitrogen and oxygen atoms in total. The van der Waals surface area contributed by atoms with Crippen molar-refractivity contribution in [3.05, 3.63) is 109 Å². The van der Waals surface area contributed by atoms with Crippen molar-refractivity contribution in [3.63, 3.8) is 0 Å². The van der Waals surface area contributed by atoms with Crippen molar-refractivity contribution in [3.8, 4) is 22.6 Å². The molecule has 0 spiro atoms. The normalized spacial score (nSPS) is 12.1. The molecular weight excluding hydrogens is 470 g/mol. The summed E-state index contributed by atoms with van der Waals surface area (Å²) in [4.78, 5) is 17.2. The lowest BCUT2D eigenvalue weighted by atomic mass is 9.93. The molecule has 0 saturated carbocycles. The quantitative estimate of drug-likeness (QED) is 0.203. The molecule has 5 heterocycles. The number of aryl methyl sites for hydroxylation is 1. The minimum atomic E-state index is -0.0663. The van der Waals surface area contributed by atoms with Crippen LogP contribution in [0.25, 0.3) is 39.1 Å². The average Bonchev–Trinajstić information content (AvgIpc) is 3.50. The summed E-state index contributed by atoms with van der Waals surface area (Å²) in [6.07, 6.45) is 11.0. The first kappa shape index (κ1) is 24.9. The Kier molecular flexibility index (Phi) is 6.51. The standard InChI is InChI=1S/C31H31N7/c1-7-10-23(26-11-8-9-12-33-26)24-14-28(35-19(24)2)30-25-15-27(34-18-29(25)37-38-30)21-13-22(17-32-16-21)36-20(3)31(4,5)6/h7-18,35-36H,1,3H2,2,4-6H3,(H,37,38)/b23-10+. The number of hydrogen-bond acceptors (Lipinski definition) is 5. The molecule has 0 aliphatic rings. The number of rotatable bonds is 7. The summed E-state index contributed by atoms with van der Waals surface area (Å²) in [6, 6.07) is 12.1. The highest BCUT2D eigenvalue weighted by molar-refractivity contribution is 5.95. The molecule has 0 unspecified atom stereocenters. The summed E-state index contributed by atoms with van der Waals surface area (Å²) in [5.41, 5.74) is 9.96. The van der Waals surface area contributed by atoms with E-state index < -0.39 is 0 Å². The van der Waals surface area contributed by atoms with E-state index in [2.05, 4.69) is 82.4 Å². The predicted molar refractivity (Wildman–Crippen MR) is 155 cm³/mol. The van der Waals surface area contributed by atoms with Gasteiger partial charge in [-0.3, -0.25) is 20.1 Å². The van der Waals surface area contributed by atoms with E-state index in [1.165, 1.54) is 0 Å². The molecule has 0 aromatic carbocycles. The lowest BCUT2D eigenvalue weighted by Crippen LogP contribution is -2.15. The number of fused-ring (bicyclic) bond motifs is 1. The third-order valence-corrected chi connectivity index (χ3v) is 6.47. The Balaban J connectivity index is 1.53. The van der Waals surface area contributed by atoms with Gasteiger partial charge < -0.3 is 10.3 Å². The zero-order valence-electron chi connectivity index (χ0n) is 22.1. The second kappa shape index (κ2) is 9.94. The predicted octanol–water partition coefficient (Wildman–Crippen LogP) is 7.31. The molecule has 5 aromatic heterocycles. The van der Waals surface area contributed by atoms with Gasteiger partial charge in [0.2, 0.25) is 0 Å². The molecule has 0 radical (unpaired) electrons. The number of aromatic amines is 2. The van der Waals surface area contributed by atoms with Crippen molar-refractivity contribution in [2.75, 3.05) is 5.32 Å². The molecule has 0 bridgehead atoms. The number of H-pyrrole nitrogens is 2. The molecule has 0 fully saturated rings. The molecule has 0 amide bonds. The molecule has 0 atom stereocenters. The van der Waals surface area contributed by atoms with Crippen LogP contribution >= 0.6 is 0 Å². The number of hydrogen-bond donors (Lipinski definition) is 3. The Morgan fingerprint density at radius 1 is 1.05 bits per heavy atom. The highest BCUT2D eigenvalue weighted by Gasteiger charge is 2.18. The van der Waals surface area contributed by atoms with Crippen LogP contribution < -0.4 is 5.32 Å². The van der Waals surface area contributed by atoms with E-state index in [1.807, 2.05) is 48.8 Å². The van der Waals surface area contributed by atoms with Crippen molar-refractivity contribution in [1.82, 2.24) is 30.1 Å². The van der Waals surface area contributed by atoms with E-state index in [1.54, 1.807) is 18.5 Å². The monoisotopic (exact) mass is 501 g/mol. The van der Waals surface area contributed by atoms with Crippen molar-refractivity contribution >= 4 is 22.2 Å². The Labute approximate surface area is 222 Å². The number of allylic oxidation sites excluding steroid dienone is 3. The number of aromatic nitrogens is 6. The van der Waals surface area contributed by atoms with Gasteiger partial charge in [0.1, 0.15) is 5.69 Å². The molecule has 0 aliphatic carbocycles. The minimum Gasteiger partial charge on any atom is -0.358 e. The van der Waals surface area contributed by atoms with Crippen molar-refractivity contribution < 1.29 is 0 Å². The zero-order chi connectivity index (χ0) is 26.9. The maximum atomic E-state index is 4.67. The van der Waals surface area contributed by atoms with E-state index in [4.69, 9.17) is 0 Å². The molecule has 5 aromatic rings. The fourth-order valence-corrected chi connectivity index (χ4v) is 4.21. The first-order valence-corrected chi connectivity index (χ1v) is 12.4. The summed E-state index contributed by atoms with van der Waals surface area (Å²) in [6.45, 7) is 16.5. The SMILES string of the molecule is C=C/C=C(/c1ccccn1)c1cc(-c2n[nH]c3cnc(-c4cncc(NC(=C)C(C)(C)C)c4)cc23)[nH]c1C. The van der Waals surface area contributed by atoms with Gasteiger partial charge in [-0.05, 0) is 37.3 Å². The van der Waals surface area contributed by atoms with Crippen LogP contribution in [-0.4, -0.2) is 30.1 Å². The van der Waals surface area contributed by atoms with Crippen molar-refractivity contribution in [1.29, 1.82) is 0 Å². The Morgan fingerprint density at radius 3 is 2.63 bits per heavy atom. The van der Waals surface area contributed by atoms with Gasteiger partial charge >= 0.3 is 0 Å². The second-order valence-electron chi connectivity index (χ2n) is 10.3. The molecule has 3 N–H and O–H groups in total. The van der Waals surface area contributed by atoms with Gasteiger partial charge in [0, 0.05) is 51.3 Å². The average molecular weight is 502 g/mol. The van der Waals surface area contributed by atoms with Gasteiger partial charge in [-0.1, -0.05) is 52.1 Å². The Hall–Kier alpha value is -4.78. The van der Waals surface area contributed by atoms with Crippen molar-refractivity contribution in [2.45, 2.75) is 27.7 Å². The van der Waals surface area contributed by atoms with Crippen LogP contribution in [0.1, 0.15) is 37.7 Å². The summed E-state index contributed by atoms with van der Waals surface area (Å²) in [5, 5.41) is 12.1. The Bertz CT molecular complexity index is 1660. The number of nitrogens with one attached hydrogen (secondary N) is 3. The zero-order valence-corrected chi connectivity index (χ0v) is 22.1. The summed E-state index contributed by atoms with van der Waals surface area (Å²) >= 11 is 0.